The highest BCUT2D eigenvalue weighted by molar-refractivity contribution is 9.10. The van der Waals surface area contributed by atoms with E-state index in [1.165, 1.54) is 0 Å². The van der Waals surface area contributed by atoms with Crippen LogP contribution in [0, 0.1) is 5.41 Å². The summed E-state index contributed by atoms with van der Waals surface area (Å²) < 4.78 is 0.836. The fraction of sp³-hybridized carbons (Fsp3) is 0.292. The summed E-state index contributed by atoms with van der Waals surface area (Å²) in [7, 11) is 0. The van der Waals surface area contributed by atoms with Crippen LogP contribution in [-0.4, -0.2) is 16.7 Å². The van der Waals surface area contributed by atoms with E-state index in [1.54, 1.807) is 12.3 Å². The molecule has 0 bridgehead atoms. The molecule has 2 heterocycles. The van der Waals surface area contributed by atoms with E-state index in [4.69, 9.17) is 0 Å². The standard InChI is InChI=1S/C24H24BrN3O2/c1-14-20(23(30)28-19-10-9-16(25)13-26-19)21(15-7-5-4-6-8-15)22-17(27-14)11-24(2,3)12-18(22)29/h4-10,13,21,27H,11-12H2,1-3H3,(H,26,28,30)/t21-/m0/s1. The van der Waals surface area contributed by atoms with Crippen LogP contribution in [-0.2, 0) is 9.59 Å². The van der Waals surface area contributed by atoms with Crippen molar-refractivity contribution < 1.29 is 9.59 Å². The lowest BCUT2D eigenvalue weighted by atomic mass is 9.68. The molecule has 1 amide bonds. The van der Waals surface area contributed by atoms with Gasteiger partial charge < -0.3 is 10.6 Å². The number of dihydropyridines is 1. The van der Waals surface area contributed by atoms with Gasteiger partial charge in [-0.15, -0.1) is 0 Å². The summed E-state index contributed by atoms with van der Waals surface area (Å²) in [4.78, 5) is 30.8. The second-order valence-electron chi connectivity index (χ2n) is 8.66. The number of nitrogens with zero attached hydrogens (tertiary/aromatic N) is 1. The van der Waals surface area contributed by atoms with E-state index >= 15 is 0 Å². The number of carbonyl (C=O) groups is 2. The van der Waals surface area contributed by atoms with Crippen molar-refractivity contribution in [2.45, 2.75) is 39.5 Å². The van der Waals surface area contributed by atoms with Gasteiger partial charge >= 0.3 is 0 Å². The molecule has 1 aliphatic heterocycles. The molecule has 5 nitrogen and oxygen atoms in total. The van der Waals surface area contributed by atoms with Gasteiger partial charge in [0.2, 0.25) is 0 Å². The third-order valence-electron chi connectivity index (χ3n) is 5.59. The van der Waals surface area contributed by atoms with Crippen molar-refractivity contribution >= 4 is 33.4 Å². The molecule has 0 fully saturated rings. The summed E-state index contributed by atoms with van der Waals surface area (Å²) in [6.07, 6.45) is 2.88. The van der Waals surface area contributed by atoms with Crippen molar-refractivity contribution in [3.63, 3.8) is 0 Å². The van der Waals surface area contributed by atoms with E-state index in [2.05, 4.69) is 45.4 Å². The topological polar surface area (TPSA) is 71.1 Å². The highest BCUT2D eigenvalue weighted by atomic mass is 79.9. The third-order valence-corrected chi connectivity index (χ3v) is 6.06. The van der Waals surface area contributed by atoms with Crippen LogP contribution in [0.2, 0.25) is 0 Å². The number of Topliss-reactive ketones (excluding diaryl/α,β-unsaturated/α-hetero) is 1. The molecule has 1 aromatic heterocycles. The van der Waals surface area contributed by atoms with Gasteiger partial charge in [0.25, 0.3) is 5.91 Å². The lowest BCUT2D eigenvalue weighted by Gasteiger charge is -2.39. The largest absolute Gasteiger partial charge is 0.362 e. The minimum absolute atomic E-state index is 0.0992. The molecule has 1 atom stereocenters. The van der Waals surface area contributed by atoms with Crippen LogP contribution < -0.4 is 10.6 Å². The van der Waals surface area contributed by atoms with Crippen molar-refractivity contribution in [2.75, 3.05) is 5.32 Å². The maximum absolute atomic E-state index is 13.4. The molecule has 0 unspecified atom stereocenters. The number of anilines is 1. The summed E-state index contributed by atoms with van der Waals surface area (Å²) in [6, 6.07) is 13.3. The van der Waals surface area contributed by atoms with Gasteiger partial charge in [0.05, 0.1) is 0 Å². The molecule has 6 heteroatoms. The molecule has 0 spiro atoms. The zero-order valence-corrected chi connectivity index (χ0v) is 18.8. The Labute approximate surface area is 184 Å². The molecule has 0 saturated heterocycles. The lowest BCUT2D eigenvalue weighted by Crippen LogP contribution is -2.39. The molecule has 4 rings (SSSR count). The van der Waals surface area contributed by atoms with Crippen molar-refractivity contribution in [3.05, 3.63) is 81.2 Å². The van der Waals surface area contributed by atoms with Gasteiger partial charge in [0.15, 0.2) is 5.78 Å². The van der Waals surface area contributed by atoms with Gasteiger partial charge in [0, 0.05) is 45.5 Å². The summed E-state index contributed by atoms with van der Waals surface area (Å²) in [5.41, 5.74) is 3.79. The number of pyridine rings is 1. The Balaban J connectivity index is 1.78. The Bertz CT molecular complexity index is 1070. The van der Waals surface area contributed by atoms with E-state index < -0.39 is 5.92 Å². The number of carbonyl (C=O) groups excluding carboxylic acids is 2. The first-order valence-electron chi connectivity index (χ1n) is 9.97. The average Bonchev–Trinajstić information content (AvgIpc) is 2.68. The normalized spacial score (nSPS) is 20.5. The maximum atomic E-state index is 13.4. The van der Waals surface area contributed by atoms with Gasteiger partial charge in [-0.2, -0.15) is 0 Å². The van der Waals surface area contributed by atoms with Crippen LogP contribution in [0.4, 0.5) is 5.82 Å². The van der Waals surface area contributed by atoms with Crippen molar-refractivity contribution in [1.29, 1.82) is 0 Å². The Kier molecular flexibility index (Phi) is 5.36. The van der Waals surface area contributed by atoms with Gasteiger partial charge in [-0.1, -0.05) is 44.2 Å². The number of nitrogens with one attached hydrogen (secondary N) is 2. The molecule has 2 aliphatic rings. The fourth-order valence-electron chi connectivity index (χ4n) is 4.35. The van der Waals surface area contributed by atoms with Gasteiger partial charge in [-0.3, -0.25) is 9.59 Å². The molecule has 30 heavy (non-hydrogen) atoms. The molecular weight excluding hydrogens is 442 g/mol. The highest BCUT2D eigenvalue weighted by Gasteiger charge is 2.42. The summed E-state index contributed by atoms with van der Waals surface area (Å²) in [6.45, 7) is 6.11. The predicted octanol–water partition coefficient (Wildman–Crippen LogP) is 5.09. The number of benzene rings is 1. The van der Waals surface area contributed by atoms with Gasteiger partial charge in [-0.05, 0) is 52.4 Å². The Morgan fingerprint density at radius 2 is 1.90 bits per heavy atom. The summed E-state index contributed by atoms with van der Waals surface area (Å²) >= 11 is 3.35. The second-order valence-corrected chi connectivity index (χ2v) is 9.57. The highest BCUT2D eigenvalue weighted by Crippen LogP contribution is 2.46. The van der Waals surface area contributed by atoms with Crippen LogP contribution in [0.25, 0.3) is 0 Å². The Morgan fingerprint density at radius 1 is 1.17 bits per heavy atom. The minimum Gasteiger partial charge on any atom is -0.362 e. The number of hydrogen-bond acceptors (Lipinski definition) is 4. The van der Waals surface area contributed by atoms with Crippen LogP contribution >= 0.6 is 15.9 Å². The average molecular weight is 466 g/mol. The van der Waals surface area contributed by atoms with Crippen molar-refractivity contribution in [2.24, 2.45) is 5.41 Å². The first-order chi connectivity index (χ1) is 14.2. The Hall–Kier alpha value is -2.73. The molecule has 2 N–H and O–H groups in total. The van der Waals surface area contributed by atoms with Gasteiger partial charge in [0.1, 0.15) is 5.82 Å². The monoisotopic (exact) mass is 465 g/mol. The number of hydrogen-bond donors (Lipinski definition) is 2. The minimum atomic E-state index is -0.401. The lowest BCUT2D eigenvalue weighted by molar-refractivity contribution is -0.118. The third kappa shape index (κ3) is 3.97. The maximum Gasteiger partial charge on any atom is 0.255 e. The molecule has 1 aliphatic carbocycles. The van der Waals surface area contributed by atoms with E-state index in [0.29, 0.717) is 23.4 Å². The molecule has 0 saturated carbocycles. The number of rotatable bonds is 3. The van der Waals surface area contributed by atoms with Crippen molar-refractivity contribution in [3.8, 4) is 0 Å². The molecule has 2 aromatic rings. The van der Waals surface area contributed by atoms with Crippen LogP contribution in [0.5, 0.6) is 0 Å². The van der Waals surface area contributed by atoms with Crippen LogP contribution in [0.15, 0.2) is 75.7 Å². The van der Waals surface area contributed by atoms with Crippen molar-refractivity contribution in [1.82, 2.24) is 10.3 Å². The number of aromatic nitrogens is 1. The Morgan fingerprint density at radius 3 is 2.57 bits per heavy atom. The van der Waals surface area contributed by atoms with Crippen LogP contribution in [0.3, 0.4) is 0 Å². The zero-order valence-electron chi connectivity index (χ0n) is 17.3. The van der Waals surface area contributed by atoms with E-state index in [-0.39, 0.29) is 17.1 Å². The first kappa shape index (κ1) is 20.5. The van der Waals surface area contributed by atoms with E-state index in [1.807, 2.05) is 43.3 Å². The molecular formula is C24H24BrN3O2. The number of amides is 1. The van der Waals surface area contributed by atoms with Crippen LogP contribution in [0.1, 0.15) is 45.1 Å². The second kappa shape index (κ2) is 7.84. The smallest absolute Gasteiger partial charge is 0.255 e. The summed E-state index contributed by atoms with van der Waals surface area (Å²) in [5.74, 6) is -0.0947. The number of ketones is 1. The molecule has 154 valence electrons. The fourth-order valence-corrected chi connectivity index (χ4v) is 4.58. The molecule has 1 aromatic carbocycles. The molecule has 0 radical (unpaired) electrons. The SMILES string of the molecule is CC1=C(C(=O)Nc2ccc(Br)cn2)[C@H](c2ccccc2)C2=C(CC(C)(C)CC2=O)N1. The van der Waals surface area contributed by atoms with E-state index in [0.717, 1.165) is 27.9 Å². The quantitative estimate of drug-likeness (QED) is 0.662. The number of halogens is 1. The van der Waals surface area contributed by atoms with E-state index in [9.17, 15) is 9.59 Å². The predicted molar refractivity (Wildman–Crippen MR) is 121 cm³/mol. The zero-order chi connectivity index (χ0) is 21.5. The number of allylic oxidation sites excluding steroid dienone is 3. The summed E-state index contributed by atoms with van der Waals surface area (Å²) in [5, 5.41) is 6.27. The first-order valence-corrected chi connectivity index (χ1v) is 10.8. The van der Waals surface area contributed by atoms with Gasteiger partial charge in [-0.25, -0.2) is 4.98 Å².